The van der Waals surface area contributed by atoms with Crippen molar-refractivity contribution in [1.29, 1.82) is 0 Å². The molecule has 0 spiro atoms. The number of alkyl halides is 3. The zero-order valence-corrected chi connectivity index (χ0v) is 10.4. The Morgan fingerprint density at radius 3 is 2.61 bits per heavy atom. The Kier molecular flexibility index (Phi) is 3.95. The minimum Gasteiger partial charge on any atom is -0.316 e. The van der Waals surface area contributed by atoms with E-state index < -0.39 is 11.7 Å². The van der Waals surface area contributed by atoms with E-state index in [2.05, 4.69) is 5.32 Å². The van der Waals surface area contributed by atoms with Crippen molar-refractivity contribution in [1.82, 2.24) is 5.32 Å². The van der Waals surface area contributed by atoms with Crippen molar-refractivity contribution in [2.75, 3.05) is 13.1 Å². The van der Waals surface area contributed by atoms with Gasteiger partial charge in [-0.05, 0) is 49.4 Å². The van der Waals surface area contributed by atoms with Gasteiger partial charge in [-0.15, -0.1) is 0 Å². The third kappa shape index (κ3) is 2.86. The van der Waals surface area contributed by atoms with Crippen LogP contribution in [0.3, 0.4) is 0 Å². The Morgan fingerprint density at radius 1 is 1.28 bits per heavy atom. The topological polar surface area (TPSA) is 12.0 Å². The summed E-state index contributed by atoms with van der Waals surface area (Å²) in [4.78, 5) is 0. The summed E-state index contributed by atoms with van der Waals surface area (Å²) in [6, 6.07) is 5.94. The van der Waals surface area contributed by atoms with E-state index in [0.29, 0.717) is 11.5 Å². The van der Waals surface area contributed by atoms with Crippen molar-refractivity contribution in [2.45, 2.75) is 31.9 Å². The zero-order chi connectivity index (χ0) is 13.2. The highest BCUT2D eigenvalue weighted by Gasteiger charge is 2.35. The number of nitrogens with one attached hydrogen (secondary N) is 1. The SMILES string of the molecule is CC(c1ccccc1C(F)(F)F)C1CCCNC1. The highest BCUT2D eigenvalue weighted by molar-refractivity contribution is 5.33. The zero-order valence-electron chi connectivity index (χ0n) is 10.4. The van der Waals surface area contributed by atoms with E-state index in [0.717, 1.165) is 25.9 Å². The van der Waals surface area contributed by atoms with Crippen LogP contribution in [0.4, 0.5) is 13.2 Å². The van der Waals surface area contributed by atoms with E-state index in [-0.39, 0.29) is 5.92 Å². The summed E-state index contributed by atoms with van der Waals surface area (Å²) in [5, 5.41) is 3.26. The molecule has 1 saturated heterocycles. The molecule has 0 aromatic heterocycles. The Balaban J connectivity index is 2.26. The number of rotatable bonds is 2. The molecule has 1 aliphatic heterocycles. The van der Waals surface area contributed by atoms with Crippen LogP contribution in [0.5, 0.6) is 0 Å². The quantitative estimate of drug-likeness (QED) is 0.849. The lowest BCUT2D eigenvalue weighted by Gasteiger charge is -2.30. The number of benzene rings is 1. The van der Waals surface area contributed by atoms with Gasteiger partial charge in [0.2, 0.25) is 0 Å². The summed E-state index contributed by atoms with van der Waals surface area (Å²) < 4.78 is 38.9. The third-order valence-electron chi connectivity index (χ3n) is 3.80. The number of hydrogen-bond acceptors (Lipinski definition) is 1. The molecule has 1 aromatic carbocycles. The molecule has 4 heteroatoms. The van der Waals surface area contributed by atoms with Crippen LogP contribution >= 0.6 is 0 Å². The number of halogens is 3. The molecule has 1 N–H and O–H groups in total. The predicted molar refractivity (Wildman–Crippen MR) is 65.5 cm³/mol. The summed E-state index contributed by atoms with van der Waals surface area (Å²) in [5.41, 5.74) is -0.0539. The van der Waals surface area contributed by atoms with Gasteiger partial charge in [0, 0.05) is 0 Å². The average molecular weight is 257 g/mol. The molecule has 2 rings (SSSR count). The van der Waals surface area contributed by atoms with E-state index in [1.165, 1.54) is 12.1 Å². The fourth-order valence-electron chi connectivity index (χ4n) is 2.71. The standard InChI is InChI=1S/C14H18F3N/c1-10(11-5-4-8-18-9-11)12-6-2-3-7-13(12)14(15,16)17/h2-3,6-7,10-11,18H,4-5,8-9H2,1H3. The number of hydrogen-bond donors (Lipinski definition) is 1. The van der Waals surface area contributed by atoms with Crippen LogP contribution in [0.25, 0.3) is 0 Å². The van der Waals surface area contributed by atoms with Crippen molar-refractivity contribution in [2.24, 2.45) is 5.92 Å². The highest BCUT2D eigenvalue weighted by atomic mass is 19.4. The first-order valence-corrected chi connectivity index (χ1v) is 6.37. The van der Waals surface area contributed by atoms with Crippen LogP contribution in [0.1, 0.15) is 36.8 Å². The molecule has 0 bridgehead atoms. The van der Waals surface area contributed by atoms with Crippen LogP contribution < -0.4 is 5.32 Å². The summed E-state index contributed by atoms with van der Waals surface area (Å²) in [6.07, 6.45) is -2.21. The molecule has 0 radical (unpaired) electrons. The smallest absolute Gasteiger partial charge is 0.316 e. The van der Waals surface area contributed by atoms with E-state index in [1.54, 1.807) is 12.1 Å². The second-order valence-corrected chi connectivity index (χ2v) is 4.98. The van der Waals surface area contributed by atoms with Gasteiger partial charge in [0.25, 0.3) is 0 Å². The second-order valence-electron chi connectivity index (χ2n) is 4.98. The van der Waals surface area contributed by atoms with Gasteiger partial charge in [0.1, 0.15) is 0 Å². The van der Waals surface area contributed by atoms with E-state index in [1.807, 2.05) is 6.92 Å². The molecule has 1 nitrogen and oxygen atoms in total. The fourth-order valence-corrected chi connectivity index (χ4v) is 2.71. The number of piperidine rings is 1. The molecule has 1 aromatic rings. The van der Waals surface area contributed by atoms with Gasteiger partial charge >= 0.3 is 6.18 Å². The summed E-state index contributed by atoms with van der Waals surface area (Å²) in [7, 11) is 0. The Labute approximate surface area is 105 Å². The molecule has 1 fully saturated rings. The van der Waals surface area contributed by atoms with Gasteiger partial charge in [-0.25, -0.2) is 0 Å². The van der Waals surface area contributed by atoms with Crippen LogP contribution in [-0.4, -0.2) is 13.1 Å². The molecule has 100 valence electrons. The molecule has 0 amide bonds. The molecule has 1 heterocycles. The summed E-state index contributed by atoms with van der Waals surface area (Å²) >= 11 is 0. The largest absolute Gasteiger partial charge is 0.416 e. The maximum absolute atomic E-state index is 13.0. The molecule has 18 heavy (non-hydrogen) atoms. The molecule has 1 aliphatic rings. The predicted octanol–water partition coefficient (Wildman–Crippen LogP) is 3.81. The maximum Gasteiger partial charge on any atom is 0.416 e. The van der Waals surface area contributed by atoms with Crippen LogP contribution in [0.15, 0.2) is 24.3 Å². The minimum atomic E-state index is -4.26. The van der Waals surface area contributed by atoms with Crippen LogP contribution in [0, 0.1) is 5.92 Å². The normalized spacial score (nSPS) is 22.8. The lowest BCUT2D eigenvalue weighted by molar-refractivity contribution is -0.138. The summed E-state index contributed by atoms with van der Waals surface area (Å²) in [6.45, 7) is 3.69. The van der Waals surface area contributed by atoms with E-state index >= 15 is 0 Å². The molecule has 0 aliphatic carbocycles. The maximum atomic E-state index is 13.0. The van der Waals surface area contributed by atoms with Gasteiger partial charge in [0.05, 0.1) is 5.56 Å². The van der Waals surface area contributed by atoms with Gasteiger partial charge in [-0.3, -0.25) is 0 Å². The van der Waals surface area contributed by atoms with Crippen molar-refractivity contribution >= 4 is 0 Å². The Hall–Kier alpha value is -1.03. The lowest BCUT2D eigenvalue weighted by atomic mass is 9.81. The van der Waals surface area contributed by atoms with Gasteiger partial charge in [0.15, 0.2) is 0 Å². The Bertz CT molecular complexity index is 394. The van der Waals surface area contributed by atoms with Gasteiger partial charge in [-0.2, -0.15) is 13.2 Å². The lowest BCUT2D eigenvalue weighted by Crippen LogP contribution is -2.33. The average Bonchev–Trinajstić information content (AvgIpc) is 2.38. The first-order valence-electron chi connectivity index (χ1n) is 6.37. The molecule has 2 unspecified atom stereocenters. The Morgan fingerprint density at radius 2 is 2.00 bits per heavy atom. The van der Waals surface area contributed by atoms with Crippen LogP contribution in [0.2, 0.25) is 0 Å². The third-order valence-corrected chi connectivity index (χ3v) is 3.80. The molecular weight excluding hydrogens is 239 g/mol. The van der Waals surface area contributed by atoms with Gasteiger partial charge < -0.3 is 5.32 Å². The highest BCUT2D eigenvalue weighted by Crippen LogP contribution is 2.38. The van der Waals surface area contributed by atoms with E-state index in [9.17, 15) is 13.2 Å². The van der Waals surface area contributed by atoms with Crippen molar-refractivity contribution in [3.63, 3.8) is 0 Å². The monoisotopic (exact) mass is 257 g/mol. The van der Waals surface area contributed by atoms with Crippen molar-refractivity contribution < 1.29 is 13.2 Å². The molecule has 0 saturated carbocycles. The van der Waals surface area contributed by atoms with Gasteiger partial charge in [-0.1, -0.05) is 25.1 Å². The first kappa shape index (κ1) is 13.4. The first-order chi connectivity index (χ1) is 8.50. The second kappa shape index (κ2) is 5.31. The van der Waals surface area contributed by atoms with Crippen molar-refractivity contribution in [3.8, 4) is 0 Å². The molecule has 2 atom stereocenters. The van der Waals surface area contributed by atoms with Crippen molar-refractivity contribution in [3.05, 3.63) is 35.4 Å². The van der Waals surface area contributed by atoms with E-state index in [4.69, 9.17) is 0 Å². The van der Waals surface area contributed by atoms with Crippen LogP contribution in [-0.2, 0) is 6.18 Å². The molecular formula is C14H18F3N. The fraction of sp³-hybridized carbons (Fsp3) is 0.571. The summed E-state index contributed by atoms with van der Waals surface area (Å²) in [5.74, 6) is 0.234. The minimum absolute atomic E-state index is 0.0596.